The Balaban J connectivity index is 2.18. The smallest absolute Gasteiger partial charge is 0.137 e. The first kappa shape index (κ1) is 13.0. The lowest BCUT2D eigenvalue weighted by Crippen LogP contribution is -2.27. The van der Waals surface area contributed by atoms with Gasteiger partial charge < -0.3 is 5.32 Å². The molecule has 1 aromatic rings. The van der Waals surface area contributed by atoms with Gasteiger partial charge in [-0.25, -0.2) is 4.39 Å². The zero-order valence-electron chi connectivity index (χ0n) is 10.2. The highest BCUT2D eigenvalue weighted by atomic mass is 79.9. The fourth-order valence-corrected chi connectivity index (χ4v) is 3.09. The molecule has 1 N–H and O–H groups in total. The van der Waals surface area contributed by atoms with Gasteiger partial charge in [0.05, 0.1) is 4.47 Å². The van der Waals surface area contributed by atoms with Gasteiger partial charge in [0.25, 0.3) is 0 Å². The molecule has 0 spiro atoms. The van der Waals surface area contributed by atoms with Crippen LogP contribution in [0.2, 0.25) is 0 Å². The van der Waals surface area contributed by atoms with Crippen molar-refractivity contribution in [1.82, 2.24) is 5.32 Å². The van der Waals surface area contributed by atoms with Gasteiger partial charge in [-0.15, -0.1) is 0 Å². The van der Waals surface area contributed by atoms with Crippen molar-refractivity contribution in [2.45, 2.75) is 38.1 Å². The van der Waals surface area contributed by atoms with Crippen LogP contribution in [0.4, 0.5) is 4.39 Å². The number of hydrogen-bond donors (Lipinski definition) is 1. The Hall–Kier alpha value is -0.410. The normalized spacial score (nSPS) is 19.2. The first-order valence-corrected chi connectivity index (χ1v) is 7.14. The van der Waals surface area contributed by atoms with E-state index in [2.05, 4.69) is 21.2 Å². The Morgan fingerprint density at radius 1 is 1.29 bits per heavy atom. The van der Waals surface area contributed by atoms with E-state index in [4.69, 9.17) is 0 Å². The Kier molecular flexibility index (Phi) is 4.57. The Morgan fingerprint density at radius 2 is 2.00 bits per heavy atom. The maximum atomic E-state index is 13.6. The molecule has 1 nitrogen and oxygen atoms in total. The van der Waals surface area contributed by atoms with Crippen LogP contribution in [0.5, 0.6) is 0 Å². The first-order valence-electron chi connectivity index (χ1n) is 6.34. The minimum Gasteiger partial charge on any atom is -0.313 e. The molecule has 0 aromatic heterocycles. The molecule has 1 aromatic carbocycles. The lowest BCUT2D eigenvalue weighted by Gasteiger charge is -2.30. The quantitative estimate of drug-likeness (QED) is 0.871. The fraction of sp³-hybridized carbons (Fsp3) is 0.571. The van der Waals surface area contributed by atoms with E-state index in [0.717, 1.165) is 5.56 Å². The lowest BCUT2D eigenvalue weighted by atomic mass is 9.81. The molecule has 1 unspecified atom stereocenters. The molecule has 1 aliphatic carbocycles. The van der Waals surface area contributed by atoms with E-state index < -0.39 is 0 Å². The van der Waals surface area contributed by atoms with Crippen molar-refractivity contribution in [2.75, 3.05) is 7.05 Å². The van der Waals surface area contributed by atoms with E-state index in [1.165, 1.54) is 32.1 Å². The molecule has 0 bridgehead atoms. The molecule has 1 saturated carbocycles. The Bertz CT molecular complexity index is 374. The van der Waals surface area contributed by atoms with Gasteiger partial charge in [-0.1, -0.05) is 25.3 Å². The van der Waals surface area contributed by atoms with Crippen molar-refractivity contribution < 1.29 is 4.39 Å². The maximum Gasteiger partial charge on any atom is 0.137 e. The average Bonchev–Trinajstić information content (AvgIpc) is 2.36. The van der Waals surface area contributed by atoms with Gasteiger partial charge in [-0.2, -0.15) is 0 Å². The molecule has 0 amide bonds. The third kappa shape index (κ3) is 3.08. The summed E-state index contributed by atoms with van der Waals surface area (Å²) in [7, 11) is 1.97. The second-order valence-corrected chi connectivity index (χ2v) is 5.69. The van der Waals surface area contributed by atoms with Crippen LogP contribution in [0.3, 0.4) is 0 Å². The minimum absolute atomic E-state index is 0.168. The summed E-state index contributed by atoms with van der Waals surface area (Å²) in [4.78, 5) is 0. The summed E-state index contributed by atoms with van der Waals surface area (Å²) < 4.78 is 14.1. The summed E-state index contributed by atoms with van der Waals surface area (Å²) in [6.45, 7) is 0. The van der Waals surface area contributed by atoms with Crippen molar-refractivity contribution in [2.24, 2.45) is 5.92 Å². The molecule has 0 saturated heterocycles. The van der Waals surface area contributed by atoms with Crippen LogP contribution in [-0.2, 0) is 0 Å². The van der Waals surface area contributed by atoms with E-state index in [1.54, 1.807) is 12.1 Å². The van der Waals surface area contributed by atoms with Gasteiger partial charge in [-0.3, -0.25) is 0 Å². The molecule has 0 radical (unpaired) electrons. The predicted molar refractivity (Wildman–Crippen MR) is 72.5 cm³/mol. The van der Waals surface area contributed by atoms with Crippen LogP contribution in [0.25, 0.3) is 0 Å². The molecule has 2 rings (SSSR count). The zero-order valence-corrected chi connectivity index (χ0v) is 11.8. The predicted octanol–water partition coefficient (Wildman–Crippen LogP) is 4.43. The van der Waals surface area contributed by atoms with Crippen LogP contribution in [-0.4, -0.2) is 7.05 Å². The van der Waals surface area contributed by atoms with Crippen LogP contribution in [0.1, 0.15) is 43.7 Å². The van der Waals surface area contributed by atoms with Gasteiger partial charge in [0.1, 0.15) is 5.82 Å². The summed E-state index contributed by atoms with van der Waals surface area (Å²) in [5.74, 6) is 0.480. The molecule has 17 heavy (non-hydrogen) atoms. The van der Waals surface area contributed by atoms with Crippen molar-refractivity contribution >= 4 is 15.9 Å². The van der Waals surface area contributed by atoms with Crippen LogP contribution < -0.4 is 5.32 Å². The topological polar surface area (TPSA) is 12.0 Å². The van der Waals surface area contributed by atoms with E-state index in [0.29, 0.717) is 10.4 Å². The van der Waals surface area contributed by atoms with E-state index in [1.807, 2.05) is 13.1 Å². The molecular weight excluding hydrogens is 281 g/mol. The fourth-order valence-electron chi connectivity index (χ4n) is 2.85. The lowest BCUT2D eigenvalue weighted by molar-refractivity contribution is 0.281. The van der Waals surface area contributed by atoms with Crippen molar-refractivity contribution in [3.8, 4) is 0 Å². The second-order valence-electron chi connectivity index (χ2n) is 4.84. The highest BCUT2D eigenvalue weighted by Gasteiger charge is 2.24. The second kappa shape index (κ2) is 5.96. The standard InChI is InChI=1S/C14H19BrFN/c1-17-14(10-5-3-2-4-6-10)11-7-8-12(15)13(16)9-11/h7-10,14,17H,2-6H2,1H3. The molecule has 1 fully saturated rings. The van der Waals surface area contributed by atoms with Gasteiger partial charge in [0.15, 0.2) is 0 Å². The summed E-state index contributed by atoms with van der Waals surface area (Å²) >= 11 is 3.20. The van der Waals surface area contributed by atoms with Crippen LogP contribution >= 0.6 is 15.9 Å². The monoisotopic (exact) mass is 299 g/mol. The SMILES string of the molecule is CNC(c1ccc(Br)c(F)c1)C1CCCCC1. The number of benzene rings is 1. The van der Waals surface area contributed by atoms with E-state index in [-0.39, 0.29) is 11.9 Å². The highest BCUT2D eigenvalue weighted by Crippen LogP contribution is 2.35. The summed E-state index contributed by atoms with van der Waals surface area (Å²) in [6, 6.07) is 5.76. The molecule has 1 atom stereocenters. The van der Waals surface area contributed by atoms with Crippen LogP contribution in [0, 0.1) is 11.7 Å². The minimum atomic E-state index is -0.168. The summed E-state index contributed by atoms with van der Waals surface area (Å²) in [5.41, 5.74) is 1.07. The molecule has 3 heteroatoms. The molecule has 0 aliphatic heterocycles. The molecular formula is C14H19BrFN. The zero-order chi connectivity index (χ0) is 12.3. The Morgan fingerprint density at radius 3 is 2.59 bits per heavy atom. The van der Waals surface area contributed by atoms with Crippen molar-refractivity contribution in [3.63, 3.8) is 0 Å². The largest absolute Gasteiger partial charge is 0.313 e. The van der Waals surface area contributed by atoms with Gasteiger partial charge in [0, 0.05) is 6.04 Å². The van der Waals surface area contributed by atoms with E-state index in [9.17, 15) is 4.39 Å². The summed E-state index contributed by atoms with van der Waals surface area (Å²) in [5, 5.41) is 3.35. The third-order valence-corrected chi connectivity index (χ3v) is 4.38. The number of hydrogen-bond acceptors (Lipinski definition) is 1. The number of rotatable bonds is 3. The molecule has 0 heterocycles. The number of nitrogens with one attached hydrogen (secondary N) is 1. The van der Waals surface area contributed by atoms with Gasteiger partial charge in [0.2, 0.25) is 0 Å². The first-order chi connectivity index (χ1) is 8.22. The molecule has 1 aliphatic rings. The van der Waals surface area contributed by atoms with Gasteiger partial charge >= 0.3 is 0 Å². The summed E-state index contributed by atoms with van der Waals surface area (Å²) in [6.07, 6.45) is 6.47. The van der Waals surface area contributed by atoms with Gasteiger partial charge in [-0.05, 0) is 59.4 Å². The van der Waals surface area contributed by atoms with Crippen molar-refractivity contribution in [3.05, 3.63) is 34.1 Å². The third-order valence-electron chi connectivity index (χ3n) is 3.74. The van der Waals surface area contributed by atoms with Crippen molar-refractivity contribution in [1.29, 1.82) is 0 Å². The maximum absolute atomic E-state index is 13.6. The highest BCUT2D eigenvalue weighted by molar-refractivity contribution is 9.10. The average molecular weight is 300 g/mol. The number of halogens is 2. The molecule has 94 valence electrons. The van der Waals surface area contributed by atoms with Crippen LogP contribution in [0.15, 0.2) is 22.7 Å². The van der Waals surface area contributed by atoms with E-state index >= 15 is 0 Å². The Labute approximate surface area is 111 Å².